The van der Waals surface area contributed by atoms with E-state index in [1.165, 1.54) is 4.90 Å². The Balaban J connectivity index is 3.86. The van der Waals surface area contributed by atoms with E-state index in [1.807, 2.05) is 0 Å². The Kier molecular flexibility index (Phi) is 3.81. The van der Waals surface area contributed by atoms with Crippen LogP contribution in [0.2, 0.25) is 0 Å². The van der Waals surface area contributed by atoms with Crippen LogP contribution in [-0.2, 0) is 4.74 Å². The number of nitrogens with zero attached hydrogens (tertiary/aromatic N) is 2. The van der Waals surface area contributed by atoms with Crippen LogP contribution < -0.4 is 0 Å². The molecule has 5 heteroatoms. The van der Waals surface area contributed by atoms with Gasteiger partial charge in [-0.2, -0.15) is 0 Å². The summed E-state index contributed by atoms with van der Waals surface area (Å²) in [6.45, 7) is 0. The van der Waals surface area contributed by atoms with E-state index in [4.69, 9.17) is 22.4 Å². The molecule has 0 rings (SSSR count). The maximum Gasteiger partial charge on any atom is 0.291 e. The van der Waals surface area contributed by atoms with Crippen molar-refractivity contribution in [3.05, 3.63) is 0 Å². The predicted molar refractivity (Wildman–Crippen MR) is 48.8 cm³/mol. The summed E-state index contributed by atoms with van der Waals surface area (Å²) in [5.74, 6) is 0. The Morgan fingerprint density at radius 2 is 1.64 bits per heavy atom. The lowest BCUT2D eigenvalue weighted by Gasteiger charge is -2.17. The Labute approximate surface area is 72.2 Å². The summed E-state index contributed by atoms with van der Waals surface area (Å²) in [6, 6.07) is 0.0451. The van der Waals surface area contributed by atoms with E-state index in [-0.39, 0.29) is 6.02 Å². The van der Waals surface area contributed by atoms with Crippen LogP contribution in [0.1, 0.15) is 0 Å². The first-order valence-corrected chi connectivity index (χ1v) is 3.51. The second-order valence-corrected chi connectivity index (χ2v) is 2.81. The molecule has 64 valence electrons. The second-order valence-electron chi connectivity index (χ2n) is 2.46. The third kappa shape index (κ3) is 3.77. The van der Waals surface area contributed by atoms with Crippen LogP contribution in [0, 0.1) is 5.41 Å². The number of hydrogen-bond donors (Lipinski definition) is 1. The van der Waals surface area contributed by atoms with Crippen molar-refractivity contribution >= 4 is 23.4 Å². The van der Waals surface area contributed by atoms with Crippen LogP contribution in [-0.4, -0.2) is 49.2 Å². The molecule has 0 aromatic carbocycles. The summed E-state index contributed by atoms with van der Waals surface area (Å²) >= 11 is 4.81. The van der Waals surface area contributed by atoms with Crippen molar-refractivity contribution in [2.24, 2.45) is 0 Å². The van der Waals surface area contributed by atoms with Crippen LogP contribution in [0.4, 0.5) is 0 Å². The first kappa shape index (κ1) is 10.2. The second kappa shape index (κ2) is 4.12. The third-order valence-corrected chi connectivity index (χ3v) is 1.40. The van der Waals surface area contributed by atoms with Gasteiger partial charge in [-0.3, -0.25) is 5.41 Å². The molecule has 0 unspecified atom stereocenters. The van der Waals surface area contributed by atoms with Gasteiger partial charge in [0.15, 0.2) is 0 Å². The zero-order valence-corrected chi connectivity index (χ0v) is 8.03. The van der Waals surface area contributed by atoms with Gasteiger partial charge >= 0.3 is 0 Å². The van der Waals surface area contributed by atoms with E-state index >= 15 is 0 Å². The molecule has 0 aromatic heterocycles. The molecule has 0 fully saturated rings. The van der Waals surface area contributed by atoms with E-state index < -0.39 is 0 Å². The van der Waals surface area contributed by atoms with Gasteiger partial charge in [-0.15, -0.1) is 0 Å². The molecule has 0 aliphatic rings. The van der Waals surface area contributed by atoms with Crippen molar-refractivity contribution in [2.45, 2.75) is 0 Å². The van der Waals surface area contributed by atoms with E-state index in [0.717, 1.165) is 0 Å². The van der Waals surface area contributed by atoms with Gasteiger partial charge in [0.25, 0.3) is 11.2 Å². The molecule has 0 atom stereocenters. The Morgan fingerprint density at radius 1 is 1.18 bits per heavy atom. The van der Waals surface area contributed by atoms with Crippen LogP contribution in [0.25, 0.3) is 0 Å². The van der Waals surface area contributed by atoms with Crippen LogP contribution in [0.5, 0.6) is 0 Å². The molecule has 0 amide bonds. The summed E-state index contributed by atoms with van der Waals surface area (Å²) in [6.07, 6.45) is 0. The largest absolute Gasteiger partial charge is 0.399 e. The Hall–Kier alpha value is -0.840. The minimum Gasteiger partial charge on any atom is -0.399 e. The van der Waals surface area contributed by atoms with Gasteiger partial charge in [0.2, 0.25) is 0 Å². The molecule has 0 radical (unpaired) electrons. The maximum atomic E-state index is 7.26. The van der Waals surface area contributed by atoms with Gasteiger partial charge in [-0.25, -0.2) is 0 Å². The number of hydrogen-bond acceptors (Lipinski definition) is 3. The molecule has 4 nitrogen and oxygen atoms in total. The lowest BCUT2D eigenvalue weighted by Crippen LogP contribution is -2.31. The molecule has 0 bridgehead atoms. The fourth-order valence-corrected chi connectivity index (χ4v) is 0.344. The van der Waals surface area contributed by atoms with Gasteiger partial charge in [-0.1, -0.05) is 0 Å². The predicted octanol–water partition coefficient (Wildman–Crippen LogP) is 0.346. The molecular weight excluding hydrogens is 162 g/mol. The summed E-state index contributed by atoms with van der Waals surface area (Å²) in [4.78, 5) is 3.17. The van der Waals surface area contributed by atoms with Gasteiger partial charge in [-0.05, 0) is 12.2 Å². The van der Waals surface area contributed by atoms with Crippen molar-refractivity contribution < 1.29 is 4.74 Å². The Bertz CT molecular complexity index is 149. The first-order valence-electron chi connectivity index (χ1n) is 3.10. The monoisotopic (exact) mass is 175 g/mol. The lowest BCUT2D eigenvalue weighted by atomic mass is 10.8. The number of amidine groups is 1. The SMILES string of the molecule is CN(C)C(=N)OC(=S)N(C)C. The highest BCUT2D eigenvalue weighted by atomic mass is 32.1. The number of ether oxygens (including phenoxy) is 1. The molecule has 0 saturated carbocycles. The molecule has 11 heavy (non-hydrogen) atoms. The molecular formula is C6H13N3OS. The van der Waals surface area contributed by atoms with E-state index in [9.17, 15) is 0 Å². The van der Waals surface area contributed by atoms with Crippen LogP contribution in [0.3, 0.4) is 0 Å². The maximum absolute atomic E-state index is 7.26. The first-order chi connectivity index (χ1) is 4.95. The highest BCUT2D eigenvalue weighted by Gasteiger charge is 2.05. The van der Waals surface area contributed by atoms with E-state index in [2.05, 4.69) is 0 Å². The number of thiocarbonyl (C=S) groups is 1. The third-order valence-electron chi connectivity index (χ3n) is 0.955. The average molecular weight is 175 g/mol. The van der Waals surface area contributed by atoms with Crippen LogP contribution in [0.15, 0.2) is 0 Å². The molecule has 0 saturated heterocycles. The van der Waals surface area contributed by atoms with Gasteiger partial charge < -0.3 is 14.5 Å². The molecule has 0 aliphatic heterocycles. The van der Waals surface area contributed by atoms with Gasteiger partial charge in [0.1, 0.15) is 0 Å². The lowest BCUT2D eigenvalue weighted by molar-refractivity contribution is 0.374. The summed E-state index contributed by atoms with van der Waals surface area (Å²) in [5, 5.41) is 7.55. The van der Waals surface area contributed by atoms with Crippen molar-refractivity contribution in [1.29, 1.82) is 5.41 Å². The van der Waals surface area contributed by atoms with Gasteiger partial charge in [0.05, 0.1) is 0 Å². The fraction of sp³-hybridized carbons (Fsp3) is 0.667. The molecule has 0 spiro atoms. The van der Waals surface area contributed by atoms with Crippen molar-refractivity contribution in [2.75, 3.05) is 28.2 Å². The zero-order chi connectivity index (χ0) is 9.02. The summed E-state index contributed by atoms with van der Waals surface area (Å²) in [5.41, 5.74) is 0. The normalized spacial score (nSPS) is 8.73. The van der Waals surface area contributed by atoms with E-state index in [0.29, 0.717) is 5.17 Å². The van der Waals surface area contributed by atoms with Crippen molar-refractivity contribution in [1.82, 2.24) is 9.80 Å². The topological polar surface area (TPSA) is 39.6 Å². The minimum absolute atomic E-state index is 0.0451. The molecule has 0 heterocycles. The average Bonchev–Trinajstić information content (AvgIpc) is 1.87. The summed E-state index contributed by atoms with van der Waals surface area (Å²) < 4.78 is 4.94. The van der Waals surface area contributed by atoms with Crippen LogP contribution >= 0.6 is 12.2 Å². The van der Waals surface area contributed by atoms with Crippen molar-refractivity contribution in [3.8, 4) is 0 Å². The molecule has 0 aromatic rings. The number of rotatable bonds is 0. The quantitative estimate of drug-likeness (QED) is 0.327. The van der Waals surface area contributed by atoms with Gasteiger partial charge in [0, 0.05) is 28.2 Å². The van der Waals surface area contributed by atoms with Crippen molar-refractivity contribution in [3.63, 3.8) is 0 Å². The minimum atomic E-state index is 0.0451. The standard InChI is InChI=1S/C6H13N3OS/c1-8(2)5(7)10-6(11)9(3)4/h7H,1-4H3. The highest BCUT2D eigenvalue weighted by Crippen LogP contribution is 1.89. The fourth-order valence-electron chi connectivity index (χ4n) is 0.265. The Morgan fingerprint density at radius 3 is 1.91 bits per heavy atom. The smallest absolute Gasteiger partial charge is 0.291 e. The summed E-state index contributed by atoms with van der Waals surface area (Å²) in [7, 11) is 6.98. The molecule has 0 aliphatic carbocycles. The molecule has 1 N–H and O–H groups in total. The number of nitrogens with one attached hydrogen (secondary N) is 1. The highest BCUT2D eigenvalue weighted by molar-refractivity contribution is 7.80. The zero-order valence-electron chi connectivity index (χ0n) is 7.21. The van der Waals surface area contributed by atoms with E-state index in [1.54, 1.807) is 33.1 Å².